The number of ketones is 1. The molecule has 4 nitrogen and oxygen atoms in total. The number of hydrogen-bond acceptors (Lipinski definition) is 5. The fourth-order valence-electron chi connectivity index (χ4n) is 2.62. The molecule has 7 heteroatoms. The van der Waals surface area contributed by atoms with Gasteiger partial charge in [0.1, 0.15) is 5.57 Å². The van der Waals surface area contributed by atoms with Crippen molar-refractivity contribution in [3.05, 3.63) is 63.7 Å². The molecule has 0 spiro atoms. The van der Waals surface area contributed by atoms with E-state index in [0.717, 1.165) is 10.6 Å². The van der Waals surface area contributed by atoms with Crippen LogP contribution in [0.15, 0.2) is 47.3 Å². The van der Waals surface area contributed by atoms with Gasteiger partial charge >= 0.3 is 0 Å². The maximum absolute atomic E-state index is 13.0. The maximum atomic E-state index is 13.0. The minimum absolute atomic E-state index is 0.181. The third-order valence-electron chi connectivity index (χ3n) is 3.72. The monoisotopic (exact) mass is 394 g/mol. The summed E-state index contributed by atoms with van der Waals surface area (Å²) in [6, 6.07) is 8.81. The minimum Gasteiger partial charge on any atom is -0.462 e. The summed E-state index contributed by atoms with van der Waals surface area (Å²) in [6.45, 7) is 2.07. The number of nitrogens with zero attached hydrogens (tertiary/aromatic N) is 1. The van der Waals surface area contributed by atoms with Gasteiger partial charge in [-0.2, -0.15) is 0 Å². The summed E-state index contributed by atoms with van der Waals surface area (Å²) in [5.41, 5.74) is 1.59. The second-order valence-corrected chi connectivity index (χ2v) is 7.47. The van der Waals surface area contributed by atoms with Gasteiger partial charge in [-0.15, -0.1) is 11.8 Å². The number of ether oxygens (including phenoxy) is 1. The number of carbonyl (C=O) groups excluding carboxylic acids is 1. The summed E-state index contributed by atoms with van der Waals surface area (Å²) < 4.78 is 5.84. The third kappa shape index (κ3) is 3.64. The van der Waals surface area contributed by atoms with E-state index in [1.165, 1.54) is 0 Å². The average molecular weight is 395 g/mol. The highest BCUT2D eigenvalue weighted by Crippen LogP contribution is 2.39. The lowest BCUT2D eigenvalue weighted by Crippen LogP contribution is -2.11. The number of rotatable bonds is 5. The average Bonchev–Trinajstić information content (AvgIpc) is 2.92. The van der Waals surface area contributed by atoms with Crippen LogP contribution in [-0.4, -0.2) is 23.6 Å². The normalized spacial score (nSPS) is 17.0. The zero-order chi connectivity index (χ0) is 18.0. The topological polar surface area (TPSA) is 51.2 Å². The Hall–Kier alpha value is -1.69. The molecule has 0 bridgehead atoms. The van der Waals surface area contributed by atoms with Crippen molar-refractivity contribution >= 4 is 46.3 Å². The first kappa shape index (κ1) is 18.1. The van der Waals surface area contributed by atoms with Gasteiger partial charge in [0.25, 0.3) is 0 Å². The highest BCUT2D eigenvalue weighted by Gasteiger charge is 2.38. The summed E-state index contributed by atoms with van der Waals surface area (Å²) in [7, 11) is 1.71. The number of Topliss-reactive ketones (excluding diaryl/α,β-unsaturated/α-hetero) is 1. The van der Waals surface area contributed by atoms with Crippen molar-refractivity contribution in [3.8, 4) is 0 Å². The Morgan fingerprint density at radius 3 is 2.76 bits per heavy atom. The molecule has 0 aliphatic carbocycles. The molecular formula is C18H16Cl2N2O2S. The van der Waals surface area contributed by atoms with Crippen LogP contribution in [0.3, 0.4) is 0 Å². The van der Waals surface area contributed by atoms with Crippen molar-refractivity contribution in [2.75, 3.05) is 12.8 Å². The lowest BCUT2D eigenvalue weighted by atomic mass is 10.00. The number of pyridine rings is 1. The Labute approximate surface area is 160 Å². The van der Waals surface area contributed by atoms with Gasteiger partial charge in [-0.1, -0.05) is 36.2 Å². The Balaban J connectivity index is 1.99. The van der Waals surface area contributed by atoms with Crippen LogP contribution in [0.5, 0.6) is 0 Å². The standard InChI is InChI=1S/C18H16Cl2N2O2S/c1-3-25-11-6-7-22-14(9-11)15-16(23)17(24-18(15)21-2)12-5-4-10(19)8-13(12)20/h4-9,17,21H,3H2,1-2H3/t17-/m1/s1. The molecule has 1 N–H and O–H groups in total. The van der Waals surface area contributed by atoms with Crippen LogP contribution in [0.1, 0.15) is 24.3 Å². The third-order valence-corrected chi connectivity index (χ3v) is 5.16. The van der Waals surface area contributed by atoms with Crippen LogP contribution in [0.4, 0.5) is 0 Å². The van der Waals surface area contributed by atoms with Crippen molar-refractivity contribution < 1.29 is 9.53 Å². The summed E-state index contributed by atoms with van der Waals surface area (Å²) in [5, 5.41) is 3.85. The van der Waals surface area contributed by atoms with Crippen molar-refractivity contribution in [3.63, 3.8) is 0 Å². The minimum atomic E-state index is -0.813. The molecule has 1 aliphatic heterocycles. The van der Waals surface area contributed by atoms with E-state index in [2.05, 4.69) is 17.2 Å². The summed E-state index contributed by atoms with van der Waals surface area (Å²) in [6.07, 6.45) is 0.884. The smallest absolute Gasteiger partial charge is 0.215 e. The van der Waals surface area contributed by atoms with Crippen LogP contribution in [0, 0.1) is 0 Å². The van der Waals surface area contributed by atoms with Gasteiger partial charge in [0, 0.05) is 33.7 Å². The number of halogens is 2. The van der Waals surface area contributed by atoms with Gasteiger partial charge in [-0.3, -0.25) is 9.78 Å². The lowest BCUT2D eigenvalue weighted by Gasteiger charge is -2.13. The molecule has 130 valence electrons. The van der Waals surface area contributed by atoms with Crippen molar-refractivity contribution in [2.24, 2.45) is 0 Å². The molecular weight excluding hydrogens is 379 g/mol. The molecule has 0 saturated heterocycles. The van der Waals surface area contributed by atoms with Crippen molar-refractivity contribution in [1.82, 2.24) is 10.3 Å². The summed E-state index contributed by atoms with van der Waals surface area (Å²) >= 11 is 13.9. The first-order valence-corrected chi connectivity index (χ1v) is 9.46. The van der Waals surface area contributed by atoms with Crippen molar-refractivity contribution in [1.29, 1.82) is 0 Å². The number of thioether (sulfide) groups is 1. The van der Waals surface area contributed by atoms with E-state index in [0.29, 0.717) is 32.8 Å². The SMILES string of the molecule is CCSc1ccnc(C2=C(NC)O[C@H](c3ccc(Cl)cc3Cl)C2=O)c1. The lowest BCUT2D eigenvalue weighted by molar-refractivity contribution is -0.120. The Bertz CT molecular complexity index is 855. The molecule has 0 saturated carbocycles. The predicted octanol–water partition coefficient (Wildman–Crippen LogP) is 4.73. The molecule has 25 heavy (non-hydrogen) atoms. The van der Waals surface area contributed by atoms with E-state index < -0.39 is 6.10 Å². The molecule has 1 aliphatic rings. The predicted molar refractivity (Wildman–Crippen MR) is 102 cm³/mol. The second-order valence-electron chi connectivity index (χ2n) is 5.29. The van der Waals surface area contributed by atoms with Crippen LogP contribution >= 0.6 is 35.0 Å². The van der Waals surface area contributed by atoms with E-state index in [-0.39, 0.29) is 5.78 Å². The molecule has 0 unspecified atom stereocenters. The fourth-order valence-corrected chi connectivity index (χ4v) is 3.82. The molecule has 1 aromatic carbocycles. The number of aromatic nitrogens is 1. The zero-order valence-corrected chi connectivity index (χ0v) is 16.0. The van der Waals surface area contributed by atoms with E-state index in [4.69, 9.17) is 27.9 Å². The van der Waals surface area contributed by atoms with Crippen molar-refractivity contribution in [2.45, 2.75) is 17.9 Å². The van der Waals surface area contributed by atoms with Gasteiger partial charge in [0.2, 0.25) is 11.7 Å². The van der Waals surface area contributed by atoms with Crippen LogP contribution in [-0.2, 0) is 9.53 Å². The number of carbonyl (C=O) groups is 1. The first-order chi connectivity index (χ1) is 12.0. The van der Waals surface area contributed by atoms with Gasteiger partial charge in [-0.25, -0.2) is 0 Å². The van der Waals surface area contributed by atoms with E-state index in [1.54, 1.807) is 43.2 Å². The highest BCUT2D eigenvalue weighted by molar-refractivity contribution is 7.99. The molecule has 2 aromatic rings. The van der Waals surface area contributed by atoms with Gasteiger partial charge < -0.3 is 10.1 Å². The second kappa shape index (κ2) is 7.68. The largest absolute Gasteiger partial charge is 0.462 e. The quantitative estimate of drug-likeness (QED) is 0.742. The molecule has 0 fully saturated rings. The molecule has 1 aromatic heterocycles. The zero-order valence-electron chi connectivity index (χ0n) is 13.7. The summed E-state index contributed by atoms with van der Waals surface area (Å²) in [5.74, 6) is 1.15. The van der Waals surface area contributed by atoms with Crippen LogP contribution in [0.25, 0.3) is 5.57 Å². The molecule has 0 radical (unpaired) electrons. The van der Waals surface area contributed by atoms with Gasteiger partial charge in [0.05, 0.1) is 5.69 Å². The van der Waals surface area contributed by atoms with Gasteiger partial charge in [0.15, 0.2) is 6.10 Å². The van der Waals surface area contributed by atoms with Gasteiger partial charge in [-0.05, 0) is 30.0 Å². The highest BCUT2D eigenvalue weighted by atomic mass is 35.5. The Kier molecular flexibility index (Phi) is 5.57. The molecule has 1 atom stereocenters. The van der Waals surface area contributed by atoms with E-state index >= 15 is 0 Å². The Morgan fingerprint density at radius 1 is 1.28 bits per heavy atom. The van der Waals surface area contributed by atoms with Crippen LogP contribution in [0.2, 0.25) is 10.0 Å². The number of nitrogens with one attached hydrogen (secondary N) is 1. The molecule has 3 rings (SSSR count). The Morgan fingerprint density at radius 2 is 2.08 bits per heavy atom. The molecule has 0 amide bonds. The maximum Gasteiger partial charge on any atom is 0.215 e. The van der Waals surface area contributed by atoms with E-state index in [9.17, 15) is 4.79 Å². The summed E-state index contributed by atoms with van der Waals surface area (Å²) in [4.78, 5) is 18.4. The fraction of sp³-hybridized carbons (Fsp3) is 0.222. The first-order valence-electron chi connectivity index (χ1n) is 7.72. The number of benzene rings is 1. The molecule has 2 heterocycles. The van der Waals surface area contributed by atoms with Crippen LogP contribution < -0.4 is 5.32 Å². The number of hydrogen-bond donors (Lipinski definition) is 1. The van der Waals surface area contributed by atoms with E-state index in [1.807, 2.05) is 12.1 Å².